The van der Waals surface area contributed by atoms with E-state index >= 15 is 0 Å². The van der Waals surface area contributed by atoms with E-state index in [1.807, 2.05) is 6.92 Å². The minimum Gasteiger partial charge on any atom is -0.508 e. The molecule has 0 bridgehead atoms. The van der Waals surface area contributed by atoms with E-state index in [9.17, 15) is 29.1 Å². The lowest BCUT2D eigenvalue weighted by Gasteiger charge is -2.35. The van der Waals surface area contributed by atoms with Crippen LogP contribution in [0.25, 0.3) is 0 Å². The normalized spacial score (nSPS) is 17.8. The van der Waals surface area contributed by atoms with Gasteiger partial charge in [-0.3, -0.25) is 19.2 Å². The first-order valence-corrected chi connectivity index (χ1v) is 13.0. The van der Waals surface area contributed by atoms with Gasteiger partial charge >= 0.3 is 12.1 Å². The summed E-state index contributed by atoms with van der Waals surface area (Å²) >= 11 is 0. The average Bonchev–Trinajstić information content (AvgIpc) is 3.52. The van der Waals surface area contributed by atoms with Crippen molar-refractivity contribution in [3.63, 3.8) is 0 Å². The molecule has 0 heterocycles. The number of nitrogens with one attached hydrogen (secondary N) is 2. The van der Waals surface area contributed by atoms with Crippen molar-refractivity contribution in [3.8, 4) is 5.75 Å². The van der Waals surface area contributed by atoms with Crippen molar-refractivity contribution in [1.29, 1.82) is 0 Å². The standard InChI is InChI=1S/C27H40N4O8/c1-7-38-22(34)10-11-29-24(35)23(17-8-9-20(32)16(3)12-17)31(19-13-15(19)2)25(36)18(14-21(28)33)30-26(37)39-27(4,5)6/h8-9,12,15,18-19,23,32H,7,10-11,13-14H2,1-6H3,(H2,28,33)(H,29,35)(H,30,37). The van der Waals surface area contributed by atoms with Gasteiger partial charge in [-0.05, 0) is 70.2 Å². The van der Waals surface area contributed by atoms with E-state index in [1.165, 1.54) is 17.0 Å². The summed E-state index contributed by atoms with van der Waals surface area (Å²) in [7, 11) is 0. The molecule has 4 unspecified atom stereocenters. The number of phenols is 1. The van der Waals surface area contributed by atoms with Crippen LogP contribution in [0, 0.1) is 12.8 Å². The molecule has 1 aliphatic rings. The first-order valence-electron chi connectivity index (χ1n) is 13.0. The summed E-state index contributed by atoms with van der Waals surface area (Å²) in [6, 6.07) is 1.58. The molecule has 216 valence electrons. The van der Waals surface area contributed by atoms with Crippen molar-refractivity contribution in [1.82, 2.24) is 15.5 Å². The van der Waals surface area contributed by atoms with Crippen LogP contribution in [0.4, 0.5) is 4.79 Å². The maximum Gasteiger partial charge on any atom is 0.408 e. The highest BCUT2D eigenvalue weighted by molar-refractivity contribution is 5.95. The number of phenolic OH excluding ortho intramolecular Hbond substituents is 1. The van der Waals surface area contributed by atoms with Crippen LogP contribution in [0.3, 0.4) is 0 Å². The minimum atomic E-state index is -1.39. The van der Waals surface area contributed by atoms with Crippen LogP contribution in [0.5, 0.6) is 5.75 Å². The number of ether oxygens (including phenoxy) is 2. The first kappa shape index (κ1) is 31.4. The largest absolute Gasteiger partial charge is 0.508 e. The topological polar surface area (TPSA) is 177 Å². The lowest BCUT2D eigenvalue weighted by Crippen LogP contribution is -2.55. The number of carbonyl (C=O) groups excluding carboxylic acids is 5. The number of hydrogen-bond donors (Lipinski definition) is 4. The molecule has 1 aliphatic carbocycles. The summed E-state index contributed by atoms with van der Waals surface area (Å²) in [5, 5.41) is 15.2. The predicted molar refractivity (Wildman–Crippen MR) is 141 cm³/mol. The Morgan fingerprint density at radius 3 is 2.36 bits per heavy atom. The third-order valence-corrected chi connectivity index (χ3v) is 6.07. The van der Waals surface area contributed by atoms with Gasteiger partial charge in [0.15, 0.2) is 0 Å². The molecular weight excluding hydrogens is 508 g/mol. The number of carbonyl (C=O) groups is 5. The van der Waals surface area contributed by atoms with Gasteiger partial charge in [-0.25, -0.2) is 4.79 Å². The fourth-order valence-electron chi connectivity index (χ4n) is 4.11. The van der Waals surface area contributed by atoms with E-state index in [4.69, 9.17) is 15.2 Å². The number of amides is 4. The molecule has 0 radical (unpaired) electrons. The zero-order valence-corrected chi connectivity index (χ0v) is 23.4. The molecule has 12 nitrogen and oxygen atoms in total. The molecule has 4 amide bonds. The smallest absolute Gasteiger partial charge is 0.408 e. The number of alkyl carbamates (subject to hydrolysis) is 1. The lowest BCUT2D eigenvalue weighted by molar-refractivity contribution is -0.145. The van der Waals surface area contributed by atoms with Crippen molar-refractivity contribution in [2.24, 2.45) is 11.7 Å². The van der Waals surface area contributed by atoms with Crippen molar-refractivity contribution >= 4 is 29.8 Å². The second kappa shape index (κ2) is 13.3. The Bertz CT molecular complexity index is 1080. The molecule has 0 aromatic heterocycles. The van der Waals surface area contributed by atoms with Crippen LogP contribution in [-0.2, 0) is 28.7 Å². The summed E-state index contributed by atoms with van der Waals surface area (Å²) in [4.78, 5) is 65.1. The van der Waals surface area contributed by atoms with Crippen molar-refractivity contribution < 1.29 is 38.6 Å². The molecular formula is C27H40N4O8. The Hall–Kier alpha value is -3.83. The Morgan fingerprint density at radius 2 is 1.85 bits per heavy atom. The van der Waals surface area contributed by atoms with E-state index in [2.05, 4.69) is 10.6 Å². The molecule has 0 saturated heterocycles. The number of nitrogens with two attached hydrogens (primary N) is 1. The molecule has 5 N–H and O–H groups in total. The maximum atomic E-state index is 14.0. The molecule has 1 aromatic rings. The summed E-state index contributed by atoms with van der Waals surface area (Å²) in [6.45, 7) is 10.4. The fraction of sp³-hybridized carbons (Fsp3) is 0.593. The summed E-state index contributed by atoms with van der Waals surface area (Å²) in [5.41, 5.74) is 5.43. The van der Waals surface area contributed by atoms with Crippen molar-refractivity contribution in [3.05, 3.63) is 29.3 Å². The molecule has 0 spiro atoms. The van der Waals surface area contributed by atoms with Crippen LogP contribution in [-0.4, -0.2) is 70.6 Å². The Kier molecular flexibility index (Phi) is 10.7. The number of hydrogen-bond acceptors (Lipinski definition) is 8. The van der Waals surface area contributed by atoms with Gasteiger partial charge in [0.25, 0.3) is 0 Å². The average molecular weight is 549 g/mol. The van der Waals surface area contributed by atoms with E-state index in [0.717, 1.165) is 0 Å². The van der Waals surface area contributed by atoms with Gasteiger partial charge < -0.3 is 35.8 Å². The number of rotatable bonds is 12. The first-order chi connectivity index (χ1) is 18.1. The van der Waals surface area contributed by atoms with E-state index in [1.54, 1.807) is 40.7 Å². The maximum absolute atomic E-state index is 14.0. The summed E-state index contributed by atoms with van der Waals surface area (Å²) in [6.07, 6.45) is -0.909. The number of primary amides is 1. The zero-order chi connectivity index (χ0) is 29.5. The number of nitrogens with zero attached hydrogens (tertiary/aromatic N) is 1. The minimum absolute atomic E-state index is 0.0103. The second-order valence-corrected chi connectivity index (χ2v) is 10.7. The molecule has 1 saturated carbocycles. The van der Waals surface area contributed by atoms with Gasteiger partial charge in [0.05, 0.1) is 19.4 Å². The predicted octanol–water partition coefficient (Wildman–Crippen LogP) is 1.82. The van der Waals surface area contributed by atoms with Gasteiger partial charge in [-0.1, -0.05) is 13.0 Å². The Morgan fingerprint density at radius 1 is 1.21 bits per heavy atom. The highest BCUT2D eigenvalue weighted by Crippen LogP contribution is 2.41. The van der Waals surface area contributed by atoms with Crippen LogP contribution in [0.2, 0.25) is 0 Å². The Labute approximate surface area is 228 Å². The second-order valence-electron chi connectivity index (χ2n) is 10.7. The van der Waals surface area contributed by atoms with Gasteiger partial charge in [0.2, 0.25) is 17.7 Å². The number of esters is 1. The van der Waals surface area contributed by atoms with E-state index in [0.29, 0.717) is 17.5 Å². The molecule has 1 aromatic carbocycles. The fourth-order valence-corrected chi connectivity index (χ4v) is 4.11. The van der Waals surface area contributed by atoms with Crippen LogP contribution in [0.15, 0.2) is 18.2 Å². The molecule has 39 heavy (non-hydrogen) atoms. The van der Waals surface area contributed by atoms with E-state index < -0.39 is 53.9 Å². The molecule has 4 atom stereocenters. The monoisotopic (exact) mass is 548 g/mol. The number of aryl methyl sites for hydroxylation is 1. The van der Waals surface area contributed by atoms with Gasteiger partial charge in [-0.2, -0.15) is 0 Å². The number of aromatic hydroxyl groups is 1. The highest BCUT2D eigenvalue weighted by Gasteiger charge is 2.48. The van der Waals surface area contributed by atoms with Gasteiger partial charge in [0, 0.05) is 12.6 Å². The van der Waals surface area contributed by atoms with E-state index in [-0.39, 0.29) is 37.3 Å². The number of benzene rings is 1. The van der Waals surface area contributed by atoms with Gasteiger partial charge in [0.1, 0.15) is 23.4 Å². The molecule has 0 aliphatic heterocycles. The van der Waals surface area contributed by atoms with Crippen molar-refractivity contribution in [2.75, 3.05) is 13.2 Å². The SMILES string of the molecule is CCOC(=O)CCNC(=O)C(c1ccc(O)c(C)c1)N(C(=O)C(CC(N)=O)NC(=O)OC(C)(C)C)C1CC1C. The summed E-state index contributed by atoms with van der Waals surface area (Å²) < 4.78 is 10.2. The third-order valence-electron chi connectivity index (χ3n) is 6.07. The zero-order valence-electron chi connectivity index (χ0n) is 23.4. The third kappa shape index (κ3) is 9.45. The molecule has 1 fully saturated rings. The van der Waals surface area contributed by atoms with Crippen LogP contribution < -0.4 is 16.4 Å². The molecule has 12 heteroatoms. The van der Waals surface area contributed by atoms with Crippen LogP contribution in [0.1, 0.15) is 71.0 Å². The highest BCUT2D eigenvalue weighted by atomic mass is 16.6. The quantitative estimate of drug-likeness (QED) is 0.286. The van der Waals surface area contributed by atoms with Gasteiger partial charge in [-0.15, -0.1) is 0 Å². The molecule has 2 rings (SSSR count). The lowest BCUT2D eigenvalue weighted by atomic mass is 9.99. The van der Waals surface area contributed by atoms with Crippen molar-refractivity contribution in [2.45, 2.75) is 84.5 Å². The Balaban J connectivity index is 2.47. The summed E-state index contributed by atoms with van der Waals surface area (Å²) in [5.74, 6) is -2.53. The van der Waals surface area contributed by atoms with Crippen LogP contribution >= 0.6 is 0 Å².